The van der Waals surface area contributed by atoms with Gasteiger partial charge in [-0.05, 0) is 37.2 Å². The minimum absolute atomic E-state index is 0.0762. The number of methoxy groups -OCH3 is 1. The van der Waals surface area contributed by atoms with E-state index >= 15 is 0 Å². The van der Waals surface area contributed by atoms with Crippen molar-refractivity contribution in [3.8, 4) is 0 Å². The van der Waals surface area contributed by atoms with Gasteiger partial charge in [0.15, 0.2) is 5.78 Å². The number of ketones is 1. The number of ether oxygens (including phenoxy) is 1. The highest BCUT2D eigenvalue weighted by molar-refractivity contribution is 5.95. The number of fused-ring (bicyclic) bond motifs is 1. The second-order valence-electron chi connectivity index (χ2n) is 6.58. The van der Waals surface area contributed by atoms with Crippen molar-refractivity contribution in [3.63, 3.8) is 0 Å². The molecule has 0 unspecified atom stereocenters. The largest absolute Gasteiger partial charge is 0.469 e. The highest BCUT2D eigenvalue weighted by Crippen LogP contribution is 2.52. The first-order chi connectivity index (χ1) is 8.88. The molecule has 2 aliphatic rings. The van der Waals surface area contributed by atoms with E-state index in [9.17, 15) is 9.59 Å². The third-order valence-electron chi connectivity index (χ3n) is 5.19. The van der Waals surface area contributed by atoms with E-state index in [-0.39, 0.29) is 23.1 Å². The summed E-state index contributed by atoms with van der Waals surface area (Å²) in [6.07, 6.45) is 5.17. The molecule has 0 aliphatic heterocycles. The van der Waals surface area contributed by atoms with Crippen molar-refractivity contribution in [1.29, 1.82) is 0 Å². The van der Waals surface area contributed by atoms with Crippen molar-refractivity contribution in [3.05, 3.63) is 11.6 Å². The minimum Gasteiger partial charge on any atom is -0.469 e. The van der Waals surface area contributed by atoms with Crippen LogP contribution in [0.5, 0.6) is 0 Å². The average Bonchev–Trinajstić information content (AvgIpc) is 2.37. The van der Waals surface area contributed by atoms with Crippen LogP contribution in [0.15, 0.2) is 11.6 Å². The van der Waals surface area contributed by atoms with Crippen molar-refractivity contribution in [1.82, 2.24) is 0 Å². The first kappa shape index (κ1) is 14.3. The first-order valence-corrected chi connectivity index (χ1v) is 7.20. The Morgan fingerprint density at radius 1 is 1.42 bits per heavy atom. The Morgan fingerprint density at radius 3 is 2.68 bits per heavy atom. The van der Waals surface area contributed by atoms with Crippen LogP contribution >= 0.6 is 0 Å². The standard InChI is InChI=1S/C16H24O3/c1-10(2)11-5-6-16(3)12(7-11)8-13(17)9-14(16)15(18)19-4/h8,10-11,14H,5-7,9H2,1-4H3/t11-,14-,16-/m1/s1. The average molecular weight is 264 g/mol. The van der Waals surface area contributed by atoms with Gasteiger partial charge in [-0.1, -0.05) is 26.3 Å². The third-order valence-corrected chi connectivity index (χ3v) is 5.19. The Morgan fingerprint density at radius 2 is 2.11 bits per heavy atom. The number of allylic oxidation sites excluding steroid dienone is 2. The number of hydrogen-bond donors (Lipinski definition) is 0. The molecule has 106 valence electrons. The van der Waals surface area contributed by atoms with Crippen LogP contribution < -0.4 is 0 Å². The molecule has 3 heteroatoms. The first-order valence-electron chi connectivity index (χ1n) is 7.20. The van der Waals surface area contributed by atoms with Gasteiger partial charge in [0.25, 0.3) is 0 Å². The van der Waals surface area contributed by atoms with Crippen molar-refractivity contribution in [2.24, 2.45) is 23.2 Å². The van der Waals surface area contributed by atoms with Crippen LogP contribution in [-0.2, 0) is 14.3 Å². The maximum atomic E-state index is 12.0. The molecule has 0 heterocycles. The normalized spacial score (nSPS) is 34.8. The minimum atomic E-state index is -0.293. The zero-order valence-corrected chi connectivity index (χ0v) is 12.4. The topological polar surface area (TPSA) is 43.4 Å². The van der Waals surface area contributed by atoms with Crippen molar-refractivity contribution in [2.75, 3.05) is 7.11 Å². The molecule has 0 bridgehead atoms. The summed E-state index contributed by atoms with van der Waals surface area (Å²) in [5.74, 6) is 0.803. The SMILES string of the molecule is COC(=O)[C@H]1CC(=O)C=C2C[C@H](C(C)C)CC[C@]21C. The summed E-state index contributed by atoms with van der Waals surface area (Å²) >= 11 is 0. The quantitative estimate of drug-likeness (QED) is 0.720. The fourth-order valence-electron chi connectivity index (χ4n) is 3.62. The van der Waals surface area contributed by atoms with Gasteiger partial charge in [-0.15, -0.1) is 0 Å². The smallest absolute Gasteiger partial charge is 0.310 e. The van der Waals surface area contributed by atoms with E-state index in [4.69, 9.17) is 4.74 Å². The van der Waals surface area contributed by atoms with Crippen LogP contribution in [0.2, 0.25) is 0 Å². The number of hydrogen-bond acceptors (Lipinski definition) is 3. The number of carbonyl (C=O) groups excluding carboxylic acids is 2. The maximum absolute atomic E-state index is 12.0. The molecule has 2 rings (SSSR count). The molecule has 0 aromatic rings. The lowest BCUT2D eigenvalue weighted by Gasteiger charge is -2.46. The van der Waals surface area contributed by atoms with E-state index in [1.165, 1.54) is 12.7 Å². The van der Waals surface area contributed by atoms with Gasteiger partial charge in [0.2, 0.25) is 0 Å². The molecule has 0 aromatic carbocycles. The number of carbonyl (C=O) groups is 2. The second kappa shape index (κ2) is 5.10. The molecule has 3 nitrogen and oxygen atoms in total. The molecular formula is C16H24O3. The van der Waals surface area contributed by atoms with E-state index < -0.39 is 0 Å². The predicted octanol–water partition coefficient (Wildman–Crippen LogP) is 3.14. The molecule has 0 saturated heterocycles. The van der Waals surface area contributed by atoms with Gasteiger partial charge in [0.05, 0.1) is 13.0 Å². The molecule has 1 saturated carbocycles. The highest BCUT2D eigenvalue weighted by Gasteiger charge is 2.48. The van der Waals surface area contributed by atoms with Crippen LogP contribution in [0.1, 0.15) is 46.5 Å². The Balaban J connectivity index is 2.31. The summed E-state index contributed by atoms with van der Waals surface area (Å²) in [6, 6.07) is 0. The number of rotatable bonds is 2. The molecule has 1 fully saturated rings. The summed E-state index contributed by atoms with van der Waals surface area (Å²) in [5, 5.41) is 0. The molecule has 0 aromatic heterocycles. The third kappa shape index (κ3) is 2.47. The fraction of sp³-hybridized carbons (Fsp3) is 0.750. The monoisotopic (exact) mass is 264 g/mol. The highest BCUT2D eigenvalue weighted by atomic mass is 16.5. The maximum Gasteiger partial charge on any atom is 0.310 e. The van der Waals surface area contributed by atoms with Gasteiger partial charge in [-0.25, -0.2) is 0 Å². The lowest BCUT2D eigenvalue weighted by Crippen LogP contribution is -2.43. The zero-order chi connectivity index (χ0) is 14.2. The van der Waals surface area contributed by atoms with E-state index in [1.54, 1.807) is 6.08 Å². The van der Waals surface area contributed by atoms with E-state index in [1.807, 2.05) is 0 Å². The van der Waals surface area contributed by atoms with Gasteiger partial charge in [-0.3, -0.25) is 9.59 Å². The van der Waals surface area contributed by atoms with Gasteiger partial charge < -0.3 is 4.74 Å². The van der Waals surface area contributed by atoms with E-state index in [0.29, 0.717) is 18.3 Å². The predicted molar refractivity (Wildman–Crippen MR) is 73.5 cm³/mol. The van der Waals surface area contributed by atoms with Gasteiger partial charge in [0, 0.05) is 11.8 Å². The molecule has 0 radical (unpaired) electrons. The summed E-state index contributed by atoms with van der Waals surface area (Å²) in [6.45, 7) is 6.59. The molecule has 0 spiro atoms. The summed E-state index contributed by atoms with van der Waals surface area (Å²) < 4.78 is 4.91. The van der Waals surface area contributed by atoms with Crippen LogP contribution in [0, 0.1) is 23.2 Å². The van der Waals surface area contributed by atoms with E-state index in [0.717, 1.165) is 19.3 Å². The summed E-state index contributed by atoms with van der Waals surface area (Å²) in [7, 11) is 1.41. The van der Waals surface area contributed by atoms with Gasteiger partial charge in [-0.2, -0.15) is 0 Å². The second-order valence-corrected chi connectivity index (χ2v) is 6.58. The van der Waals surface area contributed by atoms with Crippen LogP contribution in [0.4, 0.5) is 0 Å². The van der Waals surface area contributed by atoms with Crippen molar-refractivity contribution in [2.45, 2.75) is 46.5 Å². The van der Waals surface area contributed by atoms with Gasteiger partial charge >= 0.3 is 5.97 Å². The molecular weight excluding hydrogens is 240 g/mol. The summed E-state index contributed by atoms with van der Waals surface area (Å²) in [5.41, 5.74) is 0.996. The van der Waals surface area contributed by atoms with Crippen LogP contribution in [-0.4, -0.2) is 18.9 Å². The molecule has 19 heavy (non-hydrogen) atoms. The fourth-order valence-corrected chi connectivity index (χ4v) is 3.62. The van der Waals surface area contributed by atoms with Crippen molar-refractivity contribution >= 4 is 11.8 Å². The molecule has 3 atom stereocenters. The lowest BCUT2D eigenvalue weighted by molar-refractivity contribution is -0.152. The Kier molecular flexibility index (Phi) is 3.84. The van der Waals surface area contributed by atoms with Gasteiger partial charge in [0.1, 0.15) is 0 Å². The molecule has 2 aliphatic carbocycles. The van der Waals surface area contributed by atoms with Crippen molar-refractivity contribution < 1.29 is 14.3 Å². The zero-order valence-electron chi connectivity index (χ0n) is 12.4. The lowest BCUT2D eigenvalue weighted by atomic mass is 9.57. The Bertz CT molecular complexity index is 422. The summed E-state index contributed by atoms with van der Waals surface area (Å²) in [4.78, 5) is 23.9. The molecule has 0 N–H and O–H groups in total. The number of esters is 1. The van der Waals surface area contributed by atoms with E-state index in [2.05, 4.69) is 20.8 Å². The Hall–Kier alpha value is -1.12. The van der Waals surface area contributed by atoms with Crippen LogP contribution in [0.3, 0.4) is 0 Å². The van der Waals surface area contributed by atoms with Crippen LogP contribution in [0.25, 0.3) is 0 Å². The molecule has 0 amide bonds. The Labute approximate surface area is 115 Å².